The van der Waals surface area contributed by atoms with Crippen molar-refractivity contribution in [2.45, 2.75) is 32.9 Å². The fourth-order valence-electron chi connectivity index (χ4n) is 3.00. The minimum Gasteiger partial charge on any atom is -0.467 e. The molecule has 2 aromatic rings. The lowest BCUT2D eigenvalue weighted by Crippen LogP contribution is -2.37. The van der Waals surface area contributed by atoms with E-state index in [9.17, 15) is 9.59 Å². The molecule has 0 saturated carbocycles. The number of likely N-dealkylation sites (tertiary alicyclic amines) is 1. The van der Waals surface area contributed by atoms with Gasteiger partial charge in [-0.1, -0.05) is 19.9 Å². The third-order valence-corrected chi connectivity index (χ3v) is 5.28. The van der Waals surface area contributed by atoms with Crippen molar-refractivity contribution in [1.82, 2.24) is 10.2 Å². The highest BCUT2D eigenvalue weighted by molar-refractivity contribution is 7.10. The summed E-state index contributed by atoms with van der Waals surface area (Å²) in [5.41, 5.74) is 0. The van der Waals surface area contributed by atoms with Crippen LogP contribution in [-0.2, 0) is 16.1 Å². The van der Waals surface area contributed by atoms with Gasteiger partial charge in [0.1, 0.15) is 5.76 Å². The molecule has 0 spiro atoms. The minimum atomic E-state index is -0.298. The average molecular weight is 346 g/mol. The number of amides is 2. The quantitative estimate of drug-likeness (QED) is 0.874. The number of carbonyl (C=O) groups excluding carboxylic acids is 2. The summed E-state index contributed by atoms with van der Waals surface area (Å²) in [6.45, 7) is 5.05. The molecule has 1 N–H and O–H groups in total. The Bertz CT molecular complexity index is 679. The molecule has 1 aliphatic rings. The summed E-state index contributed by atoms with van der Waals surface area (Å²) in [6.07, 6.45) is 1.86. The zero-order chi connectivity index (χ0) is 17.1. The highest BCUT2D eigenvalue weighted by atomic mass is 32.1. The maximum atomic E-state index is 12.6. The van der Waals surface area contributed by atoms with Crippen LogP contribution in [0.1, 0.15) is 36.9 Å². The Morgan fingerprint density at radius 2 is 2.25 bits per heavy atom. The number of hydrogen-bond acceptors (Lipinski definition) is 4. The molecule has 0 aromatic carbocycles. The Labute approximate surface area is 145 Å². The second kappa shape index (κ2) is 7.21. The maximum absolute atomic E-state index is 12.6. The van der Waals surface area contributed by atoms with Gasteiger partial charge in [0.25, 0.3) is 0 Å². The first-order chi connectivity index (χ1) is 11.5. The zero-order valence-corrected chi connectivity index (χ0v) is 14.7. The van der Waals surface area contributed by atoms with Crippen LogP contribution in [0.25, 0.3) is 0 Å². The second-order valence-electron chi connectivity index (χ2n) is 6.50. The topological polar surface area (TPSA) is 62.6 Å². The van der Waals surface area contributed by atoms with E-state index in [1.165, 1.54) is 0 Å². The van der Waals surface area contributed by atoms with Crippen LogP contribution in [0, 0.1) is 11.8 Å². The highest BCUT2D eigenvalue weighted by Crippen LogP contribution is 2.27. The normalized spacial score (nSPS) is 19.0. The van der Waals surface area contributed by atoms with E-state index in [4.69, 9.17) is 4.42 Å². The van der Waals surface area contributed by atoms with E-state index in [1.807, 2.05) is 23.6 Å². The first-order valence-corrected chi connectivity index (χ1v) is 9.06. The molecule has 1 aliphatic heterocycles. The third-order valence-electron chi connectivity index (χ3n) is 4.33. The lowest BCUT2D eigenvalue weighted by molar-refractivity contribution is -0.129. The lowest BCUT2D eigenvalue weighted by atomic mass is 10.0. The van der Waals surface area contributed by atoms with Gasteiger partial charge in [0.15, 0.2) is 0 Å². The number of nitrogens with zero attached hydrogens (tertiary/aromatic N) is 1. The van der Waals surface area contributed by atoms with Gasteiger partial charge in [-0.25, -0.2) is 0 Å². The summed E-state index contributed by atoms with van der Waals surface area (Å²) in [5.74, 6) is 0.696. The van der Waals surface area contributed by atoms with Crippen LogP contribution in [0.3, 0.4) is 0 Å². The van der Waals surface area contributed by atoms with Gasteiger partial charge >= 0.3 is 0 Å². The number of carbonyl (C=O) groups is 2. The Balaban J connectivity index is 1.62. The fourth-order valence-corrected chi connectivity index (χ4v) is 3.95. The van der Waals surface area contributed by atoms with E-state index < -0.39 is 0 Å². The van der Waals surface area contributed by atoms with Crippen LogP contribution in [0.5, 0.6) is 0 Å². The summed E-state index contributed by atoms with van der Waals surface area (Å²) >= 11 is 1.64. The smallest absolute Gasteiger partial charge is 0.225 e. The van der Waals surface area contributed by atoms with Gasteiger partial charge in [0.2, 0.25) is 11.8 Å². The molecule has 2 atom stereocenters. The van der Waals surface area contributed by atoms with E-state index in [-0.39, 0.29) is 30.2 Å². The Hall–Kier alpha value is -2.08. The first-order valence-electron chi connectivity index (χ1n) is 8.18. The molecule has 5 nitrogen and oxygen atoms in total. The standard InChI is InChI=1S/C18H22N2O3S/c1-12(2)17(15-6-4-8-24-15)19-18(22)13-9-16(21)20(10-13)11-14-5-3-7-23-14/h3-8,12-13,17H,9-11H2,1-2H3,(H,19,22). The summed E-state index contributed by atoms with van der Waals surface area (Å²) in [5, 5.41) is 5.14. The van der Waals surface area contributed by atoms with Crippen molar-refractivity contribution in [2.75, 3.05) is 6.54 Å². The van der Waals surface area contributed by atoms with Gasteiger partial charge in [0, 0.05) is 17.8 Å². The van der Waals surface area contributed by atoms with Crippen molar-refractivity contribution in [3.8, 4) is 0 Å². The van der Waals surface area contributed by atoms with Crippen molar-refractivity contribution >= 4 is 23.2 Å². The van der Waals surface area contributed by atoms with E-state index in [0.29, 0.717) is 19.0 Å². The maximum Gasteiger partial charge on any atom is 0.225 e. The second-order valence-corrected chi connectivity index (χ2v) is 7.48. The Kier molecular flexibility index (Phi) is 5.04. The van der Waals surface area contributed by atoms with E-state index in [2.05, 4.69) is 19.2 Å². The van der Waals surface area contributed by atoms with Crippen molar-refractivity contribution < 1.29 is 14.0 Å². The SMILES string of the molecule is CC(C)C(NC(=O)C1CC(=O)N(Cc2ccco2)C1)c1cccs1. The molecular weight excluding hydrogens is 324 g/mol. The van der Waals surface area contributed by atoms with Crippen molar-refractivity contribution in [2.24, 2.45) is 11.8 Å². The molecule has 24 heavy (non-hydrogen) atoms. The average Bonchev–Trinajstić information content (AvgIpc) is 3.27. The number of rotatable bonds is 6. The molecule has 3 heterocycles. The van der Waals surface area contributed by atoms with E-state index >= 15 is 0 Å². The van der Waals surface area contributed by atoms with Crippen molar-refractivity contribution in [1.29, 1.82) is 0 Å². The van der Waals surface area contributed by atoms with Crippen LogP contribution < -0.4 is 5.32 Å². The van der Waals surface area contributed by atoms with Crippen LogP contribution in [0.4, 0.5) is 0 Å². The number of furan rings is 1. The fraction of sp³-hybridized carbons (Fsp3) is 0.444. The summed E-state index contributed by atoms with van der Waals surface area (Å²) < 4.78 is 5.29. The van der Waals surface area contributed by atoms with E-state index in [1.54, 1.807) is 28.6 Å². The van der Waals surface area contributed by atoms with Crippen molar-refractivity contribution in [3.05, 3.63) is 46.5 Å². The predicted octanol–water partition coefficient (Wildman–Crippen LogP) is 3.20. The molecule has 1 saturated heterocycles. The Morgan fingerprint density at radius 1 is 1.42 bits per heavy atom. The molecule has 2 unspecified atom stereocenters. The highest BCUT2D eigenvalue weighted by Gasteiger charge is 2.35. The van der Waals surface area contributed by atoms with Gasteiger partial charge < -0.3 is 14.6 Å². The molecule has 0 bridgehead atoms. The number of hydrogen-bond donors (Lipinski definition) is 1. The van der Waals surface area contributed by atoms with E-state index in [0.717, 1.165) is 10.6 Å². The minimum absolute atomic E-state index is 0.00349. The van der Waals surface area contributed by atoms with Gasteiger partial charge in [0.05, 0.1) is 24.8 Å². The van der Waals surface area contributed by atoms with Gasteiger partial charge in [-0.05, 0) is 29.5 Å². The molecular formula is C18H22N2O3S. The van der Waals surface area contributed by atoms with Crippen LogP contribution in [-0.4, -0.2) is 23.3 Å². The largest absolute Gasteiger partial charge is 0.467 e. The molecule has 2 amide bonds. The molecule has 6 heteroatoms. The third kappa shape index (κ3) is 3.70. The van der Waals surface area contributed by atoms with Crippen molar-refractivity contribution in [3.63, 3.8) is 0 Å². The predicted molar refractivity (Wildman–Crippen MR) is 92.3 cm³/mol. The van der Waals surface area contributed by atoms with Gasteiger partial charge in [-0.15, -0.1) is 11.3 Å². The van der Waals surface area contributed by atoms with Gasteiger partial charge in [-0.3, -0.25) is 9.59 Å². The number of nitrogens with one attached hydrogen (secondary N) is 1. The van der Waals surface area contributed by atoms with Crippen LogP contribution in [0.15, 0.2) is 40.3 Å². The molecule has 3 rings (SSSR count). The molecule has 0 aliphatic carbocycles. The monoisotopic (exact) mass is 346 g/mol. The molecule has 2 aromatic heterocycles. The molecule has 128 valence electrons. The molecule has 0 radical (unpaired) electrons. The number of thiophene rings is 1. The first kappa shape index (κ1) is 16.8. The summed E-state index contributed by atoms with van der Waals surface area (Å²) in [4.78, 5) is 27.7. The summed E-state index contributed by atoms with van der Waals surface area (Å²) in [7, 11) is 0. The zero-order valence-electron chi connectivity index (χ0n) is 13.9. The van der Waals surface area contributed by atoms with Crippen LogP contribution >= 0.6 is 11.3 Å². The summed E-state index contributed by atoms with van der Waals surface area (Å²) in [6, 6.07) is 7.66. The Morgan fingerprint density at radius 3 is 2.88 bits per heavy atom. The molecule has 1 fully saturated rings. The van der Waals surface area contributed by atoms with Crippen LogP contribution in [0.2, 0.25) is 0 Å². The lowest BCUT2D eigenvalue weighted by Gasteiger charge is -2.23. The van der Waals surface area contributed by atoms with Gasteiger partial charge in [-0.2, -0.15) is 0 Å².